The molecule has 0 saturated carbocycles. The number of fused-ring (bicyclic) bond motifs is 1. The smallest absolute Gasteiger partial charge is 0.417 e. The number of aromatic amines is 1. The lowest BCUT2D eigenvalue weighted by Crippen LogP contribution is -2.07. The summed E-state index contributed by atoms with van der Waals surface area (Å²) in [5.41, 5.74) is 3.67. The minimum absolute atomic E-state index is 0.00898. The van der Waals surface area contributed by atoms with Crippen LogP contribution in [0.3, 0.4) is 0 Å². The molecule has 0 aliphatic carbocycles. The van der Waals surface area contributed by atoms with Crippen molar-refractivity contribution in [2.24, 2.45) is 0 Å². The minimum Gasteiger partial charge on any atom is -0.491 e. The Labute approximate surface area is 207 Å². The number of benzene rings is 2. The standard InChI is InChI=1S/C28H27F3N2O3/c1-5-20-25-23(33-26(20)27(34)35-6-2)14-12-21(22-13-9-18(15-32-22)28(29,30)31)24(25)17-7-10-19(11-8-17)36-16(3)4/h7-16,33H,5-6H2,1-4H3. The fourth-order valence-corrected chi connectivity index (χ4v) is 4.29. The molecule has 0 radical (unpaired) electrons. The minimum atomic E-state index is -4.48. The molecule has 0 amide bonds. The van der Waals surface area contributed by atoms with Crippen molar-refractivity contribution in [1.82, 2.24) is 9.97 Å². The molecule has 8 heteroatoms. The van der Waals surface area contributed by atoms with Gasteiger partial charge < -0.3 is 14.5 Å². The van der Waals surface area contributed by atoms with Crippen molar-refractivity contribution in [3.63, 3.8) is 0 Å². The average molecular weight is 497 g/mol. The molecule has 4 aromatic rings. The van der Waals surface area contributed by atoms with Crippen molar-refractivity contribution in [2.75, 3.05) is 6.61 Å². The van der Waals surface area contributed by atoms with Gasteiger partial charge in [-0.05, 0) is 68.7 Å². The van der Waals surface area contributed by atoms with E-state index >= 15 is 0 Å². The van der Waals surface area contributed by atoms with Gasteiger partial charge in [-0.2, -0.15) is 13.2 Å². The van der Waals surface area contributed by atoms with Gasteiger partial charge in [0.25, 0.3) is 0 Å². The highest BCUT2D eigenvalue weighted by molar-refractivity contribution is 6.08. The summed E-state index contributed by atoms with van der Waals surface area (Å²) in [5.74, 6) is 0.249. The first-order valence-corrected chi connectivity index (χ1v) is 11.8. The number of esters is 1. The van der Waals surface area contributed by atoms with Crippen LogP contribution in [0.4, 0.5) is 13.2 Å². The monoisotopic (exact) mass is 496 g/mol. The molecule has 2 aromatic heterocycles. The molecule has 188 valence electrons. The third-order valence-corrected chi connectivity index (χ3v) is 5.78. The summed E-state index contributed by atoms with van der Waals surface area (Å²) >= 11 is 0. The number of aryl methyl sites for hydroxylation is 1. The van der Waals surface area contributed by atoms with E-state index in [1.54, 1.807) is 13.0 Å². The summed E-state index contributed by atoms with van der Waals surface area (Å²) in [6.07, 6.45) is -3.09. The van der Waals surface area contributed by atoms with E-state index in [9.17, 15) is 18.0 Å². The summed E-state index contributed by atoms with van der Waals surface area (Å²) in [5, 5.41) is 0.803. The summed E-state index contributed by atoms with van der Waals surface area (Å²) in [4.78, 5) is 20.0. The molecule has 0 bridgehead atoms. The van der Waals surface area contributed by atoms with Crippen molar-refractivity contribution < 1.29 is 27.4 Å². The Morgan fingerprint density at radius 1 is 1.03 bits per heavy atom. The molecule has 1 N–H and O–H groups in total. The number of rotatable bonds is 7. The number of nitrogens with one attached hydrogen (secondary N) is 1. The number of halogens is 3. The van der Waals surface area contributed by atoms with Gasteiger partial charge in [-0.1, -0.05) is 25.1 Å². The zero-order valence-corrected chi connectivity index (χ0v) is 20.5. The summed E-state index contributed by atoms with van der Waals surface area (Å²) in [6, 6.07) is 13.5. The maximum Gasteiger partial charge on any atom is 0.417 e. The normalized spacial score (nSPS) is 11.8. The zero-order valence-electron chi connectivity index (χ0n) is 20.5. The highest BCUT2D eigenvalue weighted by atomic mass is 19.4. The van der Waals surface area contributed by atoms with Gasteiger partial charge in [0.15, 0.2) is 0 Å². The molecule has 2 aromatic carbocycles. The second kappa shape index (κ2) is 10.0. The van der Waals surface area contributed by atoms with Crippen molar-refractivity contribution in [3.8, 4) is 28.1 Å². The Bertz CT molecular complexity index is 1370. The number of hydrogen-bond donors (Lipinski definition) is 1. The zero-order chi connectivity index (χ0) is 26.0. The maximum absolute atomic E-state index is 13.1. The fraction of sp³-hybridized carbons (Fsp3) is 0.286. The second-order valence-electron chi connectivity index (χ2n) is 8.58. The van der Waals surface area contributed by atoms with E-state index in [0.717, 1.165) is 39.9 Å². The lowest BCUT2D eigenvalue weighted by Gasteiger charge is -2.15. The molecule has 0 spiro atoms. The van der Waals surface area contributed by atoms with Crippen LogP contribution < -0.4 is 4.74 Å². The third-order valence-electron chi connectivity index (χ3n) is 5.78. The molecule has 0 aliphatic heterocycles. The highest BCUT2D eigenvalue weighted by Crippen LogP contribution is 2.41. The second-order valence-corrected chi connectivity index (χ2v) is 8.58. The number of H-pyrrole nitrogens is 1. The number of pyridine rings is 1. The molecule has 0 atom stereocenters. The first kappa shape index (κ1) is 25.3. The largest absolute Gasteiger partial charge is 0.491 e. The number of nitrogens with zero attached hydrogens (tertiary/aromatic N) is 1. The molecule has 0 saturated heterocycles. The summed E-state index contributed by atoms with van der Waals surface area (Å²) in [6.45, 7) is 7.80. The highest BCUT2D eigenvalue weighted by Gasteiger charge is 2.31. The van der Waals surface area contributed by atoms with Crippen LogP contribution in [0.1, 0.15) is 49.3 Å². The predicted octanol–water partition coefficient (Wildman–Crippen LogP) is 7.44. The van der Waals surface area contributed by atoms with E-state index < -0.39 is 17.7 Å². The van der Waals surface area contributed by atoms with Gasteiger partial charge >= 0.3 is 12.1 Å². The Morgan fingerprint density at radius 2 is 1.75 bits per heavy atom. The van der Waals surface area contributed by atoms with E-state index in [1.165, 1.54) is 6.07 Å². The SMILES string of the molecule is CCOC(=O)c1[nH]c2ccc(-c3ccc(C(F)(F)F)cn3)c(-c3ccc(OC(C)C)cc3)c2c1CC. The average Bonchev–Trinajstić information content (AvgIpc) is 3.22. The van der Waals surface area contributed by atoms with Gasteiger partial charge in [0.05, 0.1) is 24.0 Å². The van der Waals surface area contributed by atoms with Gasteiger partial charge in [0.2, 0.25) is 0 Å². The predicted molar refractivity (Wildman–Crippen MR) is 133 cm³/mol. The number of alkyl halides is 3. The molecule has 4 rings (SSSR count). The van der Waals surface area contributed by atoms with Gasteiger partial charge in [-0.3, -0.25) is 4.98 Å². The molecule has 36 heavy (non-hydrogen) atoms. The molecule has 0 unspecified atom stereocenters. The quantitative estimate of drug-likeness (QED) is 0.270. The third kappa shape index (κ3) is 4.94. The lowest BCUT2D eigenvalue weighted by molar-refractivity contribution is -0.137. The molecule has 0 aliphatic rings. The summed E-state index contributed by atoms with van der Waals surface area (Å²) in [7, 11) is 0. The van der Waals surface area contributed by atoms with E-state index in [-0.39, 0.29) is 12.7 Å². The molecular formula is C28H27F3N2O3. The number of carbonyl (C=O) groups excluding carboxylic acids is 1. The van der Waals surface area contributed by atoms with Gasteiger partial charge in [0.1, 0.15) is 11.4 Å². The van der Waals surface area contributed by atoms with Crippen molar-refractivity contribution >= 4 is 16.9 Å². The molecule has 5 nitrogen and oxygen atoms in total. The summed E-state index contributed by atoms with van der Waals surface area (Å²) < 4.78 is 50.5. The van der Waals surface area contributed by atoms with Crippen LogP contribution in [0.5, 0.6) is 5.75 Å². The first-order chi connectivity index (χ1) is 17.1. The van der Waals surface area contributed by atoms with Crippen LogP contribution in [0.15, 0.2) is 54.7 Å². The molecule has 0 fully saturated rings. The van der Waals surface area contributed by atoms with Crippen LogP contribution in [0.2, 0.25) is 0 Å². The van der Waals surface area contributed by atoms with Gasteiger partial charge in [-0.15, -0.1) is 0 Å². The van der Waals surface area contributed by atoms with E-state index in [1.807, 2.05) is 51.1 Å². The van der Waals surface area contributed by atoms with Crippen LogP contribution >= 0.6 is 0 Å². The molecular weight excluding hydrogens is 469 g/mol. The molecule has 2 heterocycles. The van der Waals surface area contributed by atoms with Crippen LogP contribution in [-0.2, 0) is 17.3 Å². The Hall–Kier alpha value is -3.81. The van der Waals surface area contributed by atoms with Gasteiger partial charge in [-0.25, -0.2) is 4.79 Å². The van der Waals surface area contributed by atoms with Crippen molar-refractivity contribution in [2.45, 2.75) is 46.4 Å². The van der Waals surface area contributed by atoms with Crippen molar-refractivity contribution in [3.05, 3.63) is 71.5 Å². The van der Waals surface area contributed by atoms with E-state index in [2.05, 4.69) is 9.97 Å². The maximum atomic E-state index is 13.1. The van der Waals surface area contributed by atoms with E-state index in [4.69, 9.17) is 9.47 Å². The Morgan fingerprint density at radius 3 is 2.31 bits per heavy atom. The Kier molecular flexibility index (Phi) is 7.06. The number of aromatic nitrogens is 2. The van der Waals surface area contributed by atoms with Crippen LogP contribution in [-0.4, -0.2) is 28.6 Å². The number of hydrogen-bond acceptors (Lipinski definition) is 4. The number of carbonyl (C=O) groups is 1. The van der Waals surface area contributed by atoms with Crippen LogP contribution in [0, 0.1) is 0 Å². The number of ether oxygens (including phenoxy) is 2. The lowest BCUT2D eigenvalue weighted by atomic mass is 9.91. The first-order valence-electron chi connectivity index (χ1n) is 11.8. The van der Waals surface area contributed by atoms with Crippen LogP contribution in [0.25, 0.3) is 33.3 Å². The van der Waals surface area contributed by atoms with E-state index in [0.29, 0.717) is 29.1 Å². The topological polar surface area (TPSA) is 64.2 Å². The van der Waals surface area contributed by atoms with Gasteiger partial charge in [0, 0.05) is 28.2 Å². The van der Waals surface area contributed by atoms with Crippen molar-refractivity contribution in [1.29, 1.82) is 0 Å². The fourth-order valence-electron chi connectivity index (χ4n) is 4.29. The Balaban J connectivity index is 1.97.